The Morgan fingerprint density at radius 2 is 2.06 bits per heavy atom. The Balaban J connectivity index is 1.61. The van der Waals surface area contributed by atoms with Gasteiger partial charge >= 0.3 is 6.18 Å². The SMILES string of the molecule is C=C(F)c1ncc(-c2nn(CC(F)(F)F)c3cc(C(=O)N4CC5COC(C5)C4)ncc23)n1/C=C/F. The fraction of sp³-hybridized carbons (Fsp3) is 0.364. The van der Waals surface area contributed by atoms with Crippen molar-refractivity contribution in [2.75, 3.05) is 19.7 Å². The summed E-state index contributed by atoms with van der Waals surface area (Å²) in [6.45, 7) is 3.12. The zero-order chi connectivity index (χ0) is 24.9. The molecule has 2 saturated heterocycles. The average molecular weight is 494 g/mol. The first-order chi connectivity index (χ1) is 16.6. The van der Waals surface area contributed by atoms with Crippen molar-refractivity contribution in [1.29, 1.82) is 0 Å². The summed E-state index contributed by atoms with van der Waals surface area (Å²) >= 11 is 0. The number of nitrogens with zero attached hydrogens (tertiary/aromatic N) is 6. The molecule has 0 N–H and O–H groups in total. The van der Waals surface area contributed by atoms with E-state index >= 15 is 0 Å². The van der Waals surface area contributed by atoms with E-state index in [0.717, 1.165) is 23.4 Å². The van der Waals surface area contributed by atoms with Gasteiger partial charge in [0.1, 0.15) is 24.3 Å². The number of carbonyl (C=O) groups is 1. The van der Waals surface area contributed by atoms with Gasteiger partial charge in [-0.15, -0.1) is 0 Å². The van der Waals surface area contributed by atoms with E-state index in [1.807, 2.05) is 0 Å². The predicted octanol–water partition coefficient (Wildman–Crippen LogP) is 4.06. The van der Waals surface area contributed by atoms with Crippen LogP contribution in [0.25, 0.3) is 34.3 Å². The summed E-state index contributed by atoms with van der Waals surface area (Å²) in [7, 11) is 0. The van der Waals surface area contributed by atoms with E-state index in [1.54, 1.807) is 4.90 Å². The highest BCUT2D eigenvalue weighted by molar-refractivity contribution is 5.99. The Labute approximate surface area is 195 Å². The second-order valence-electron chi connectivity index (χ2n) is 8.49. The van der Waals surface area contributed by atoms with Crippen molar-refractivity contribution in [2.24, 2.45) is 5.92 Å². The van der Waals surface area contributed by atoms with E-state index < -0.39 is 24.5 Å². The second-order valence-corrected chi connectivity index (χ2v) is 8.49. The smallest absolute Gasteiger partial charge is 0.376 e. The van der Waals surface area contributed by atoms with E-state index in [4.69, 9.17) is 4.74 Å². The number of hydrogen-bond donors (Lipinski definition) is 0. The summed E-state index contributed by atoms with van der Waals surface area (Å²) < 4.78 is 74.1. The van der Waals surface area contributed by atoms with Crippen LogP contribution >= 0.6 is 0 Å². The molecular weight excluding hydrogens is 475 g/mol. The van der Waals surface area contributed by atoms with E-state index in [9.17, 15) is 26.7 Å². The molecule has 0 aliphatic carbocycles. The van der Waals surface area contributed by atoms with Crippen LogP contribution in [-0.2, 0) is 11.3 Å². The Hall–Kier alpha value is -3.61. The zero-order valence-electron chi connectivity index (χ0n) is 18.2. The van der Waals surface area contributed by atoms with Gasteiger partial charge in [-0.2, -0.15) is 18.3 Å². The molecule has 2 aliphatic rings. The number of alkyl halides is 3. The summed E-state index contributed by atoms with van der Waals surface area (Å²) in [6.07, 6.45) is -0.481. The molecule has 0 aromatic carbocycles. The predicted molar refractivity (Wildman–Crippen MR) is 115 cm³/mol. The lowest BCUT2D eigenvalue weighted by atomic mass is 10.00. The van der Waals surface area contributed by atoms with Crippen LogP contribution in [0.3, 0.4) is 0 Å². The van der Waals surface area contributed by atoms with Crippen LogP contribution < -0.4 is 0 Å². The third-order valence-corrected chi connectivity index (χ3v) is 6.03. The first-order valence-electron chi connectivity index (χ1n) is 10.7. The first kappa shape index (κ1) is 23.1. The molecule has 3 aromatic heterocycles. The molecule has 2 aliphatic heterocycles. The van der Waals surface area contributed by atoms with Crippen molar-refractivity contribution in [3.05, 3.63) is 42.9 Å². The Kier molecular flexibility index (Phi) is 5.66. The second kappa shape index (κ2) is 8.56. The lowest BCUT2D eigenvalue weighted by Crippen LogP contribution is -2.43. The van der Waals surface area contributed by atoms with Crippen LogP contribution in [0, 0.1) is 5.92 Å². The van der Waals surface area contributed by atoms with Crippen molar-refractivity contribution in [1.82, 2.24) is 29.2 Å². The minimum absolute atomic E-state index is 0.00971. The van der Waals surface area contributed by atoms with Crippen molar-refractivity contribution < 1.29 is 31.5 Å². The van der Waals surface area contributed by atoms with Crippen molar-refractivity contribution >= 4 is 28.8 Å². The summed E-state index contributed by atoms with van der Waals surface area (Å²) in [5.74, 6) is -1.52. The number of pyridine rings is 1. The largest absolute Gasteiger partial charge is 0.408 e. The molecule has 5 heterocycles. The van der Waals surface area contributed by atoms with Crippen LogP contribution in [0.1, 0.15) is 22.7 Å². The molecule has 0 spiro atoms. The van der Waals surface area contributed by atoms with Gasteiger partial charge < -0.3 is 9.64 Å². The molecule has 184 valence electrons. The van der Waals surface area contributed by atoms with E-state index in [2.05, 4.69) is 21.6 Å². The minimum atomic E-state index is -4.62. The topological polar surface area (TPSA) is 78.1 Å². The molecule has 5 rings (SSSR count). The van der Waals surface area contributed by atoms with E-state index in [0.29, 0.717) is 24.4 Å². The number of aromatic nitrogens is 5. The van der Waals surface area contributed by atoms with Crippen LogP contribution in [-0.4, -0.2) is 67.1 Å². The van der Waals surface area contributed by atoms with Gasteiger partial charge in [0, 0.05) is 36.8 Å². The Morgan fingerprint density at radius 1 is 1.26 bits per heavy atom. The van der Waals surface area contributed by atoms with Crippen LogP contribution in [0.4, 0.5) is 22.0 Å². The fourth-order valence-electron chi connectivity index (χ4n) is 4.60. The molecule has 8 nitrogen and oxygen atoms in total. The zero-order valence-corrected chi connectivity index (χ0v) is 18.2. The third-order valence-electron chi connectivity index (χ3n) is 6.03. The molecule has 13 heteroatoms. The standard InChI is InChI=1S/C22H19F5N6O2/c1-12(24)20-29-7-18(32(20)3-2-23)19-15-6-28-16(5-17(15)33(30-19)11-22(25,26)27)21(34)31-8-13-4-14(9-31)35-10-13/h2-3,5-7,13-14H,1,4,8-11H2/b3-2+. The van der Waals surface area contributed by atoms with Crippen LogP contribution in [0.5, 0.6) is 0 Å². The van der Waals surface area contributed by atoms with Gasteiger partial charge in [-0.25, -0.2) is 13.8 Å². The molecule has 2 bridgehead atoms. The van der Waals surface area contributed by atoms with Gasteiger partial charge in [0.2, 0.25) is 0 Å². The summed E-state index contributed by atoms with van der Waals surface area (Å²) in [6, 6.07) is 1.25. The molecular formula is C22H19F5N6O2. The summed E-state index contributed by atoms with van der Waals surface area (Å²) in [5, 5.41) is 4.20. The number of ether oxygens (including phenoxy) is 1. The molecule has 2 unspecified atom stereocenters. The number of hydrogen-bond acceptors (Lipinski definition) is 5. The lowest BCUT2D eigenvalue weighted by Gasteiger charge is -2.30. The van der Waals surface area contributed by atoms with Gasteiger partial charge in [0.25, 0.3) is 5.91 Å². The van der Waals surface area contributed by atoms with Gasteiger partial charge in [-0.1, -0.05) is 6.58 Å². The van der Waals surface area contributed by atoms with E-state index in [1.165, 1.54) is 12.3 Å². The van der Waals surface area contributed by atoms with Gasteiger partial charge in [0.05, 0.1) is 30.1 Å². The lowest BCUT2D eigenvalue weighted by molar-refractivity contribution is -0.141. The summed E-state index contributed by atoms with van der Waals surface area (Å²) in [4.78, 5) is 22.7. The molecule has 2 atom stereocenters. The number of rotatable bonds is 5. The highest BCUT2D eigenvalue weighted by Crippen LogP contribution is 2.33. The third kappa shape index (κ3) is 4.31. The number of halogens is 5. The molecule has 0 radical (unpaired) electrons. The normalized spacial score (nSPS) is 20.3. The highest BCUT2D eigenvalue weighted by atomic mass is 19.4. The number of piperidine rings is 1. The van der Waals surface area contributed by atoms with Crippen LogP contribution in [0.15, 0.2) is 31.4 Å². The summed E-state index contributed by atoms with van der Waals surface area (Å²) in [5.41, 5.74) is -0.0734. The number of fused-ring (bicyclic) bond motifs is 3. The molecule has 3 aromatic rings. The number of carbonyl (C=O) groups excluding carboxylic acids is 1. The number of likely N-dealkylation sites (tertiary alicyclic amines) is 1. The van der Waals surface area contributed by atoms with Crippen molar-refractivity contribution in [2.45, 2.75) is 25.2 Å². The average Bonchev–Trinajstić information content (AvgIpc) is 3.47. The monoisotopic (exact) mass is 494 g/mol. The Bertz CT molecular complexity index is 1330. The van der Waals surface area contributed by atoms with Crippen molar-refractivity contribution in [3.8, 4) is 11.4 Å². The first-order valence-corrected chi connectivity index (χ1v) is 10.7. The molecule has 35 heavy (non-hydrogen) atoms. The minimum Gasteiger partial charge on any atom is -0.376 e. The van der Waals surface area contributed by atoms with Gasteiger partial charge in [-0.05, 0) is 12.5 Å². The molecule has 2 fully saturated rings. The number of amides is 1. The van der Waals surface area contributed by atoms with Crippen LogP contribution in [0.2, 0.25) is 0 Å². The molecule has 1 amide bonds. The fourth-order valence-corrected chi connectivity index (χ4v) is 4.60. The maximum absolute atomic E-state index is 13.8. The Morgan fingerprint density at radius 3 is 2.74 bits per heavy atom. The van der Waals surface area contributed by atoms with Gasteiger partial charge in [-0.3, -0.25) is 19.0 Å². The maximum Gasteiger partial charge on any atom is 0.408 e. The van der Waals surface area contributed by atoms with Gasteiger partial charge in [0.15, 0.2) is 11.7 Å². The van der Waals surface area contributed by atoms with Crippen molar-refractivity contribution in [3.63, 3.8) is 0 Å². The maximum atomic E-state index is 13.8. The highest BCUT2D eigenvalue weighted by Gasteiger charge is 2.37. The number of imidazole rings is 1. The van der Waals surface area contributed by atoms with E-state index in [-0.39, 0.29) is 52.2 Å². The quantitative estimate of drug-likeness (QED) is 0.500. The molecule has 0 saturated carbocycles.